The Bertz CT molecular complexity index is 181. The molecule has 0 N–H and O–H groups in total. The normalized spacial score (nSPS) is 13.9. The second kappa shape index (κ2) is 4.89. The molecule has 11 heavy (non-hydrogen) atoms. The minimum Gasteiger partial charge on any atom is -0.212 e. The third kappa shape index (κ3) is 4.54. The minimum atomic E-state index is -0.176. The van der Waals surface area contributed by atoms with Crippen LogP contribution in [-0.2, 0) is 0 Å². The van der Waals surface area contributed by atoms with Crippen LogP contribution >= 0.6 is 0 Å². The van der Waals surface area contributed by atoms with Crippen LogP contribution in [0.4, 0.5) is 4.39 Å². The maximum atomic E-state index is 12.2. The molecule has 0 nitrogen and oxygen atoms in total. The summed E-state index contributed by atoms with van der Waals surface area (Å²) in [5, 5.41) is 0. The molecule has 0 amide bonds. The number of halogens is 1. The molecule has 62 valence electrons. The lowest BCUT2D eigenvalue weighted by atomic mass is 10.0. The van der Waals surface area contributed by atoms with Gasteiger partial charge in [-0.05, 0) is 24.5 Å². The summed E-state index contributed by atoms with van der Waals surface area (Å²) >= 11 is 0. The Labute approximate surface area is 68.1 Å². The Morgan fingerprint density at radius 3 is 2.18 bits per heavy atom. The summed E-state index contributed by atoms with van der Waals surface area (Å²) in [5.74, 6) is 0.230. The molecule has 0 unspecified atom stereocenters. The molecular weight excluding hydrogens is 139 g/mol. The van der Waals surface area contributed by atoms with Gasteiger partial charge < -0.3 is 0 Å². The molecule has 0 atom stereocenters. The van der Waals surface area contributed by atoms with Crippen molar-refractivity contribution in [1.82, 2.24) is 0 Å². The molecule has 0 heterocycles. The van der Waals surface area contributed by atoms with E-state index in [9.17, 15) is 4.39 Å². The van der Waals surface area contributed by atoms with Crippen LogP contribution in [0, 0.1) is 5.92 Å². The van der Waals surface area contributed by atoms with E-state index in [4.69, 9.17) is 0 Å². The molecule has 0 aliphatic heterocycles. The predicted molar refractivity (Wildman–Crippen MR) is 48.0 cm³/mol. The van der Waals surface area contributed by atoms with Gasteiger partial charge in [0.25, 0.3) is 0 Å². The fourth-order valence-electron chi connectivity index (χ4n) is 0.707. The van der Waals surface area contributed by atoms with Crippen molar-refractivity contribution in [3.8, 4) is 0 Å². The minimum absolute atomic E-state index is 0.176. The van der Waals surface area contributed by atoms with Gasteiger partial charge in [0.1, 0.15) is 0 Å². The molecule has 0 aliphatic carbocycles. The Kier molecular flexibility index (Phi) is 4.51. The molecule has 0 rings (SSSR count). The average molecular weight is 154 g/mol. The van der Waals surface area contributed by atoms with Crippen molar-refractivity contribution in [3.05, 3.63) is 36.2 Å². The summed E-state index contributed by atoms with van der Waals surface area (Å²) < 4.78 is 12.2. The largest absolute Gasteiger partial charge is 0.212 e. The molecule has 0 spiro atoms. The summed E-state index contributed by atoms with van der Waals surface area (Å²) in [4.78, 5) is 0. The Hall–Kier alpha value is -0.850. The van der Waals surface area contributed by atoms with Crippen molar-refractivity contribution in [2.75, 3.05) is 0 Å². The summed E-state index contributed by atoms with van der Waals surface area (Å²) in [5.41, 5.74) is 1.06. The van der Waals surface area contributed by atoms with Crippen LogP contribution < -0.4 is 0 Å². The number of allylic oxidation sites excluding steroid dienone is 5. The third-order valence-electron chi connectivity index (χ3n) is 1.41. The topological polar surface area (TPSA) is 0 Å². The fourth-order valence-corrected chi connectivity index (χ4v) is 0.707. The number of rotatable bonds is 3. The summed E-state index contributed by atoms with van der Waals surface area (Å²) in [6.45, 7) is 9.17. The monoisotopic (exact) mass is 154 g/mol. The average Bonchev–Trinajstić information content (AvgIpc) is 1.87. The summed E-state index contributed by atoms with van der Waals surface area (Å²) in [7, 11) is 0. The molecule has 1 heteroatoms. The maximum absolute atomic E-state index is 12.2. The van der Waals surface area contributed by atoms with E-state index in [0.29, 0.717) is 5.92 Å². The lowest BCUT2D eigenvalue weighted by Crippen LogP contribution is -1.88. The van der Waals surface area contributed by atoms with E-state index >= 15 is 0 Å². The van der Waals surface area contributed by atoms with Gasteiger partial charge in [0.05, 0.1) is 5.83 Å². The van der Waals surface area contributed by atoms with Gasteiger partial charge in [-0.15, -0.1) is 0 Å². The highest BCUT2D eigenvalue weighted by molar-refractivity contribution is 5.24. The number of hydrogen-bond donors (Lipinski definition) is 0. The Morgan fingerprint density at radius 1 is 1.36 bits per heavy atom. The molecular formula is C10H15F. The van der Waals surface area contributed by atoms with Crippen LogP contribution in [0.3, 0.4) is 0 Å². The third-order valence-corrected chi connectivity index (χ3v) is 1.41. The van der Waals surface area contributed by atoms with E-state index in [1.54, 1.807) is 12.2 Å². The van der Waals surface area contributed by atoms with Gasteiger partial charge in [0.15, 0.2) is 0 Å². The first-order chi connectivity index (χ1) is 5.07. The van der Waals surface area contributed by atoms with Crippen LogP contribution in [0.5, 0.6) is 0 Å². The van der Waals surface area contributed by atoms with E-state index in [2.05, 4.69) is 20.4 Å². The van der Waals surface area contributed by atoms with Gasteiger partial charge in [0.2, 0.25) is 0 Å². The molecule has 0 aromatic carbocycles. The van der Waals surface area contributed by atoms with Crippen molar-refractivity contribution in [3.63, 3.8) is 0 Å². The maximum Gasteiger partial charge on any atom is 0.0968 e. The Morgan fingerprint density at radius 2 is 1.91 bits per heavy atom. The van der Waals surface area contributed by atoms with E-state index in [1.807, 2.05) is 0 Å². The SMILES string of the molecule is C=C/C(=C\C=C(/C)F)C(C)C. The van der Waals surface area contributed by atoms with Crippen molar-refractivity contribution >= 4 is 0 Å². The molecule has 0 bridgehead atoms. The highest BCUT2D eigenvalue weighted by Crippen LogP contribution is 2.10. The van der Waals surface area contributed by atoms with Crippen LogP contribution in [-0.4, -0.2) is 0 Å². The van der Waals surface area contributed by atoms with Gasteiger partial charge in [-0.1, -0.05) is 32.6 Å². The lowest BCUT2D eigenvalue weighted by Gasteiger charge is -2.02. The van der Waals surface area contributed by atoms with Gasteiger partial charge in [-0.25, -0.2) is 4.39 Å². The van der Waals surface area contributed by atoms with Crippen molar-refractivity contribution in [2.45, 2.75) is 20.8 Å². The van der Waals surface area contributed by atoms with Crippen LogP contribution in [0.15, 0.2) is 36.2 Å². The van der Waals surface area contributed by atoms with Gasteiger partial charge in [-0.3, -0.25) is 0 Å². The second-order valence-electron chi connectivity index (χ2n) is 2.78. The lowest BCUT2D eigenvalue weighted by molar-refractivity contribution is 0.640. The van der Waals surface area contributed by atoms with E-state index in [0.717, 1.165) is 5.57 Å². The first kappa shape index (κ1) is 10.2. The zero-order valence-corrected chi connectivity index (χ0v) is 7.39. The second-order valence-corrected chi connectivity index (χ2v) is 2.78. The van der Waals surface area contributed by atoms with E-state index in [-0.39, 0.29) is 5.83 Å². The molecule has 0 aromatic rings. The quantitative estimate of drug-likeness (QED) is 0.544. The van der Waals surface area contributed by atoms with Crippen molar-refractivity contribution in [1.29, 1.82) is 0 Å². The summed E-state index contributed by atoms with van der Waals surface area (Å²) in [6.07, 6.45) is 4.97. The number of hydrogen-bond acceptors (Lipinski definition) is 0. The van der Waals surface area contributed by atoms with E-state index < -0.39 is 0 Å². The first-order valence-electron chi connectivity index (χ1n) is 3.74. The molecule has 0 aromatic heterocycles. The zero-order valence-electron chi connectivity index (χ0n) is 7.39. The molecule has 0 radical (unpaired) electrons. The standard InChI is InChI=1S/C10H15F/c1-5-10(8(2)3)7-6-9(4)11/h5-8H,1H2,2-4H3/b9-6+,10-7+. The van der Waals surface area contributed by atoms with Crippen molar-refractivity contribution in [2.24, 2.45) is 5.92 Å². The molecule has 0 saturated carbocycles. The molecule has 0 fully saturated rings. The van der Waals surface area contributed by atoms with Gasteiger partial charge in [-0.2, -0.15) is 0 Å². The van der Waals surface area contributed by atoms with Crippen LogP contribution in [0.2, 0.25) is 0 Å². The first-order valence-corrected chi connectivity index (χ1v) is 3.74. The van der Waals surface area contributed by atoms with Gasteiger partial charge >= 0.3 is 0 Å². The highest BCUT2D eigenvalue weighted by Gasteiger charge is 1.95. The fraction of sp³-hybridized carbons (Fsp3) is 0.400. The summed E-state index contributed by atoms with van der Waals surface area (Å²) in [6, 6.07) is 0. The van der Waals surface area contributed by atoms with Crippen LogP contribution in [0.1, 0.15) is 20.8 Å². The molecule has 0 aliphatic rings. The smallest absolute Gasteiger partial charge is 0.0968 e. The van der Waals surface area contributed by atoms with Crippen LogP contribution in [0.25, 0.3) is 0 Å². The van der Waals surface area contributed by atoms with Crippen molar-refractivity contribution < 1.29 is 4.39 Å². The molecule has 0 saturated heterocycles. The predicted octanol–water partition coefficient (Wildman–Crippen LogP) is 3.63. The highest BCUT2D eigenvalue weighted by atomic mass is 19.1. The Balaban J connectivity index is 4.36. The van der Waals surface area contributed by atoms with E-state index in [1.165, 1.54) is 13.0 Å². The van der Waals surface area contributed by atoms with Gasteiger partial charge in [0, 0.05) is 0 Å². The zero-order chi connectivity index (χ0) is 8.85.